The van der Waals surface area contributed by atoms with Crippen molar-refractivity contribution in [3.05, 3.63) is 23.8 Å². The van der Waals surface area contributed by atoms with Gasteiger partial charge in [-0.25, -0.2) is 0 Å². The van der Waals surface area contributed by atoms with Crippen LogP contribution in [0.5, 0.6) is 11.5 Å². The van der Waals surface area contributed by atoms with Crippen molar-refractivity contribution in [2.45, 2.75) is 20.0 Å². The van der Waals surface area contributed by atoms with Crippen LogP contribution in [0, 0.1) is 0 Å². The Bertz CT molecular complexity index is 328. The molecular weight excluding hydrogens is 206 g/mol. The summed E-state index contributed by atoms with van der Waals surface area (Å²) in [6, 6.07) is 5.37. The van der Waals surface area contributed by atoms with E-state index < -0.39 is 6.10 Å². The normalized spacial score (nSPS) is 12.2. The predicted molar refractivity (Wildman–Crippen MR) is 62.8 cm³/mol. The summed E-state index contributed by atoms with van der Waals surface area (Å²) < 4.78 is 10.8. The lowest BCUT2D eigenvalue weighted by molar-refractivity contribution is 0.180. The van der Waals surface area contributed by atoms with E-state index >= 15 is 0 Å². The third-order valence-corrected chi connectivity index (χ3v) is 2.18. The maximum atomic E-state index is 9.71. The number of benzene rings is 1. The second-order valence-corrected chi connectivity index (χ2v) is 3.32. The zero-order chi connectivity index (χ0) is 12.0. The Labute approximate surface area is 96.0 Å². The van der Waals surface area contributed by atoms with Crippen LogP contribution >= 0.6 is 0 Å². The lowest BCUT2D eigenvalue weighted by Crippen LogP contribution is -2.13. The number of nitrogens with two attached hydrogens (primary N) is 1. The van der Waals surface area contributed by atoms with Gasteiger partial charge in [-0.3, -0.25) is 0 Å². The van der Waals surface area contributed by atoms with Crippen molar-refractivity contribution >= 4 is 0 Å². The van der Waals surface area contributed by atoms with Gasteiger partial charge in [-0.2, -0.15) is 0 Å². The zero-order valence-corrected chi connectivity index (χ0v) is 9.77. The lowest BCUT2D eigenvalue weighted by Gasteiger charge is -2.15. The first kappa shape index (κ1) is 12.8. The Morgan fingerprint density at radius 1 is 1.25 bits per heavy atom. The van der Waals surface area contributed by atoms with Crippen LogP contribution in [0.25, 0.3) is 0 Å². The van der Waals surface area contributed by atoms with Crippen LogP contribution in [0.4, 0.5) is 0 Å². The van der Waals surface area contributed by atoms with Crippen molar-refractivity contribution in [2.24, 2.45) is 5.73 Å². The smallest absolute Gasteiger partial charge is 0.128 e. The monoisotopic (exact) mass is 225 g/mol. The minimum atomic E-state index is -0.697. The topological polar surface area (TPSA) is 64.7 Å². The molecular formula is C12H19NO3. The van der Waals surface area contributed by atoms with E-state index in [2.05, 4.69) is 0 Å². The number of aliphatic hydroxyl groups is 1. The number of hydrogen-bond donors (Lipinski definition) is 2. The second kappa shape index (κ2) is 6.35. The molecule has 0 aromatic heterocycles. The molecule has 16 heavy (non-hydrogen) atoms. The van der Waals surface area contributed by atoms with E-state index in [1.54, 1.807) is 18.2 Å². The fourth-order valence-electron chi connectivity index (χ4n) is 1.45. The minimum absolute atomic E-state index is 0.175. The first-order chi connectivity index (χ1) is 7.72. The summed E-state index contributed by atoms with van der Waals surface area (Å²) in [7, 11) is 0. The molecule has 0 bridgehead atoms. The molecule has 0 heterocycles. The average Bonchev–Trinajstić information content (AvgIpc) is 2.29. The van der Waals surface area contributed by atoms with Crippen LogP contribution in [-0.4, -0.2) is 24.9 Å². The highest BCUT2D eigenvalue weighted by molar-refractivity contribution is 5.42. The first-order valence-electron chi connectivity index (χ1n) is 5.50. The van der Waals surface area contributed by atoms with Crippen molar-refractivity contribution in [3.8, 4) is 11.5 Å². The van der Waals surface area contributed by atoms with Crippen molar-refractivity contribution in [1.29, 1.82) is 0 Å². The summed E-state index contributed by atoms with van der Waals surface area (Å²) in [5, 5.41) is 9.71. The van der Waals surface area contributed by atoms with E-state index in [1.165, 1.54) is 0 Å². The fourth-order valence-corrected chi connectivity index (χ4v) is 1.45. The van der Waals surface area contributed by atoms with E-state index in [4.69, 9.17) is 15.2 Å². The van der Waals surface area contributed by atoms with E-state index in [1.807, 2.05) is 13.8 Å². The van der Waals surface area contributed by atoms with Gasteiger partial charge in [0.15, 0.2) is 0 Å². The zero-order valence-electron chi connectivity index (χ0n) is 9.77. The van der Waals surface area contributed by atoms with Gasteiger partial charge in [0, 0.05) is 18.2 Å². The van der Waals surface area contributed by atoms with Gasteiger partial charge in [0.05, 0.1) is 19.3 Å². The third kappa shape index (κ3) is 3.12. The largest absolute Gasteiger partial charge is 0.494 e. The maximum Gasteiger partial charge on any atom is 0.128 e. The van der Waals surface area contributed by atoms with Gasteiger partial charge in [-0.15, -0.1) is 0 Å². The van der Waals surface area contributed by atoms with Crippen molar-refractivity contribution < 1.29 is 14.6 Å². The van der Waals surface area contributed by atoms with Gasteiger partial charge < -0.3 is 20.3 Å². The van der Waals surface area contributed by atoms with Crippen LogP contribution in [0.1, 0.15) is 25.5 Å². The van der Waals surface area contributed by atoms with Gasteiger partial charge in [-0.05, 0) is 26.0 Å². The van der Waals surface area contributed by atoms with Gasteiger partial charge in [0.1, 0.15) is 11.5 Å². The molecule has 0 amide bonds. The Kier molecular flexibility index (Phi) is 5.08. The quantitative estimate of drug-likeness (QED) is 0.769. The van der Waals surface area contributed by atoms with Crippen LogP contribution < -0.4 is 15.2 Å². The van der Waals surface area contributed by atoms with Crippen LogP contribution in [0.2, 0.25) is 0 Å². The molecule has 0 saturated carbocycles. The predicted octanol–water partition coefficient (Wildman–Crippen LogP) is 1.48. The molecule has 0 aliphatic heterocycles. The Morgan fingerprint density at radius 2 is 1.94 bits per heavy atom. The Morgan fingerprint density at radius 3 is 2.50 bits per heavy atom. The van der Waals surface area contributed by atoms with E-state index in [0.717, 1.165) is 5.75 Å². The molecule has 1 aromatic carbocycles. The van der Waals surface area contributed by atoms with Gasteiger partial charge in [0.2, 0.25) is 0 Å². The molecule has 0 spiro atoms. The van der Waals surface area contributed by atoms with Crippen molar-refractivity contribution in [2.75, 3.05) is 19.8 Å². The lowest BCUT2D eigenvalue weighted by atomic mass is 10.1. The molecule has 3 N–H and O–H groups in total. The van der Waals surface area contributed by atoms with Crippen LogP contribution in [0.3, 0.4) is 0 Å². The standard InChI is InChI=1S/C12H19NO3/c1-3-15-9-5-6-10(11(14)8-13)12(7-9)16-4-2/h5-7,11,14H,3-4,8,13H2,1-2H3. The summed E-state index contributed by atoms with van der Waals surface area (Å²) in [4.78, 5) is 0. The Hall–Kier alpha value is -1.26. The number of aliphatic hydroxyl groups excluding tert-OH is 1. The summed E-state index contributed by atoms with van der Waals surface area (Å²) in [5.74, 6) is 1.37. The molecule has 90 valence electrons. The average molecular weight is 225 g/mol. The SMILES string of the molecule is CCOc1ccc(C(O)CN)c(OCC)c1. The van der Waals surface area contributed by atoms with Gasteiger partial charge in [-0.1, -0.05) is 0 Å². The fraction of sp³-hybridized carbons (Fsp3) is 0.500. The molecule has 1 atom stereocenters. The summed E-state index contributed by atoms with van der Waals surface area (Å²) in [6.45, 7) is 5.13. The molecule has 0 fully saturated rings. The van der Waals surface area contributed by atoms with Crippen molar-refractivity contribution in [1.82, 2.24) is 0 Å². The molecule has 1 aromatic rings. The Balaban J connectivity index is 2.98. The van der Waals surface area contributed by atoms with Gasteiger partial charge >= 0.3 is 0 Å². The van der Waals surface area contributed by atoms with Crippen LogP contribution in [0.15, 0.2) is 18.2 Å². The highest BCUT2D eigenvalue weighted by Crippen LogP contribution is 2.29. The summed E-state index contributed by atoms with van der Waals surface area (Å²) in [6.07, 6.45) is -0.697. The minimum Gasteiger partial charge on any atom is -0.494 e. The van der Waals surface area contributed by atoms with E-state index in [9.17, 15) is 5.11 Å². The molecule has 1 rings (SSSR count). The van der Waals surface area contributed by atoms with E-state index in [-0.39, 0.29) is 6.54 Å². The third-order valence-electron chi connectivity index (χ3n) is 2.18. The van der Waals surface area contributed by atoms with Crippen molar-refractivity contribution in [3.63, 3.8) is 0 Å². The maximum absolute atomic E-state index is 9.71. The number of ether oxygens (including phenoxy) is 2. The molecule has 4 nitrogen and oxygen atoms in total. The molecule has 0 aliphatic carbocycles. The first-order valence-corrected chi connectivity index (χ1v) is 5.50. The summed E-state index contributed by atoms with van der Waals surface area (Å²) in [5.41, 5.74) is 6.13. The number of hydrogen-bond acceptors (Lipinski definition) is 4. The highest BCUT2D eigenvalue weighted by atomic mass is 16.5. The van der Waals surface area contributed by atoms with E-state index in [0.29, 0.717) is 24.5 Å². The molecule has 0 radical (unpaired) electrons. The molecule has 0 saturated heterocycles. The number of rotatable bonds is 6. The van der Waals surface area contributed by atoms with Gasteiger partial charge in [0.25, 0.3) is 0 Å². The molecule has 0 aliphatic rings. The van der Waals surface area contributed by atoms with Crippen LogP contribution in [-0.2, 0) is 0 Å². The summed E-state index contributed by atoms with van der Waals surface area (Å²) >= 11 is 0. The molecule has 4 heteroatoms. The highest BCUT2D eigenvalue weighted by Gasteiger charge is 2.12. The second-order valence-electron chi connectivity index (χ2n) is 3.32. The molecule has 1 unspecified atom stereocenters.